The molecule has 1 aromatic carbocycles. The number of hydrogen-bond donors (Lipinski definition) is 2. The van der Waals surface area contributed by atoms with Crippen LogP contribution in [0.4, 0.5) is 4.39 Å². The van der Waals surface area contributed by atoms with Gasteiger partial charge in [-0.05, 0) is 56.8 Å². The SMILES string of the molecule is COCCCC[C@@](O)(c1cc(F)ccc1C#N)C1CCCNC1. The highest BCUT2D eigenvalue weighted by Gasteiger charge is 2.40. The molecule has 1 aliphatic rings. The highest BCUT2D eigenvalue weighted by Crippen LogP contribution is 2.40. The van der Waals surface area contributed by atoms with Gasteiger partial charge in [0.25, 0.3) is 0 Å². The van der Waals surface area contributed by atoms with E-state index in [9.17, 15) is 14.8 Å². The largest absolute Gasteiger partial charge is 0.385 e. The number of piperidine rings is 1. The molecule has 1 aromatic rings. The van der Waals surface area contributed by atoms with Gasteiger partial charge in [-0.1, -0.05) is 0 Å². The molecule has 23 heavy (non-hydrogen) atoms. The van der Waals surface area contributed by atoms with Crippen LogP contribution in [0.1, 0.15) is 43.2 Å². The molecule has 0 saturated carbocycles. The molecule has 0 aromatic heterocycles. The van der Waals surface area contributed by atoms with Crippen LogP contribution in [0, 0.1) is 23.1 Å². The zero-order chi connectivity index (χ0) is 16.7. The number of nitrogens with zero attached hydrogens (tertiary/aromatic N) is 1. The number of hydrogen-bond acceptors (Lipinski definition) is 4. The second-order valence-electron chi connectivity index (χ2n) is 6.22. The van der Waals surface area contributed by atoms with Crippen LogP contribution in [0.25, 0.3) is 0 Å². The van der Waals surface area contributed by atoms with E-state index in [2.05, 4.69) is 11.4 Å². The van der Waals surface area contributed by atoms with Crippen molar-refractivity contribution in [3.8, 4) is 6.07 Å². The summed E-state index contributed by atoms with van der Waals surface area (Å²) >= 11 is 0. The highest BCUT2D eigenvalue weighted by atomic mass is 19.1. The summed E-state index contributed by atoms with van der Waals surface area (Å²) in [6, 6.07) is 6.15. The number of halogens is 1. The minimum atomic E-state index is -1.19. The Balaban J connectivity index is 2.32. The van der Waals surface area contributed by atoms with Crippen LogP contribution in [-0.4, -0.2) is 31.9 Å². The molecule has 4 nitrogen and oxygen atoms in total. The Hall–Kier alpha value is -1.48. The first-order valence-corrected chi connectivity index (χ1v) is 8.24. The average Bonchev–Trinajstić information content (AvgIpc) is 2.59. The normalized spacial score (nSPS) is 20.7. The smallest absolute Gasteiger partial charge is 0.123 e. The Bertz CT molecular complexity index is 552. The van der Waals surface area contributed by atoms with Crippen molar-refractivity contribution in [2.45, 2.75) is 37.7 Å². The molecular weight excluding hydrogens is 295 g/mol. The van der Waals surface area contributed by atoms with Crippen molar-refractivity contribution in [3.63, 3.8) is 0 Å². The van der Waals surface area contributed by atoms with Crippen molar-refractivity contribution >= 4 is 0 Å². The third kappa shape index (κ3) is 4.29. The van der Waals surface area contributed by atoms with Crippen LogP contribution in [0.2, 0.25) is 0 Å². The molecule has 1 fully saturated rings. The highest BCUT2D eigenvalue weighted by molar-refractivity contribution is 5.42. The summed E-state index contributed by atoms with van der Waals surface area (Å²) in [4.78, 5) is 0. The van der Waals surface area contributed by atoms with Crippen molar-refractivity contribution in [1.82, 2.24) is 5.32 Å². The number of benzene rings is 1. The number of unbranched alkanes of at least 4 members (excludes halogenated alkanes) is 1. The molecule has 0 amide bonds. The van der Waals surface area contributed by atoms with Gasteiger partial charge in [0.15, 0.2) is 0 Å². The van der Waals surface area contributed by atoms with Crippen LogP contribution < -0.4 is 5.32 Å². The van der Waals surface area contributed by atoms with E-state index < -0.39 is 11.4 Å². The van der Waals surface area contributed by atoms with E-state index in [4.69, 9.17) is 4.74 Å². The lowest BCUT2D eigenvalue weighted by molar-refractivity contribution is -0.0438. The van der Waals surface area contributed by atoms with Crippen molar-refractivity contribution in [1.29, 1.82) is 5.26 Å². The van der Waals surface area contributed by atoms with Crippen molar-refractivity contribution < 1.29 is 14.2 Å². The van der Waals surface area contributed by atoms with Crippen LogP contribution in [0.5, 0.6) is 0 Å². The Morgan fingerprint density at radius 2 is 2.30 bits per heavy atom. The molecule has 126 valence electrons. The monoisotopic (exact) mass is 320 g/mol. The quantitative estimate of drug-likeness (QED) is 0.758. The maximum absolute atomic E-state index is 13.8. The lowest BCUT2D eigenvalue weighted by atomic mass is 9.73. The fourth-order valence-electron chi connectivity index (χ4n) is 3.43. The van der Waals surface area contributed by atoms with Gasteiger partial charge in [0.2, 0.25) is 0 Å². The molecular formula is C18H25FN2O2. The zero-order valence-electron chi connectivity index (χ0n) is 13.6. The zero-order valence-corrected chi connectivity index (χ0v) is 13.6. The molecule has 1 heterocycles. The minimum absolute atomic E-state index is 0.0207. The molecule has 0 aliphatic carbocycles. The van der Waals surface area contributed by atoms with Gasteiger partial charge in [-0.2, -0.15) is 5.26 Å². The Morgan fingerprint density at radius 3 is 2.96 bits per heavy atom. The van der Waals surface area contributed by atoms with E-state index in [-0.39, 0.29) is 5.92 Å². The van der Waals surface area contributed by atoms with Crippen LogP contribution in [0.3, 0.4) is 0 Å². The van der Waals surface area contributed by atoms with Gasteiger partial charge in [-0.3, -0.25) is 0 Å². The van der Waals surface area contributed by atoms with Gasteiger partial charge in [0.1, 0.15) is 5.82 Å². The van der Waals surface area contributed by atoms with E-state index in [1.807, 2.05) is 0 Å². The summed E-state index contributed by atoms with van der Waals surface area (Å²) in [7, 11) is 1.65. The predicted molar refractivity (Wildman–Crippen MR) is 86.3 cm³/mol. The van der Waals surface area contributed by atoms with Crippen LogP contribution in [-0.2, 0) is 10.3 Å². The van der Waals surface area contributed by atoms with E-state index in [1.165, 1.54) is 18.2 Å². The summed E-state index contributed by atoms with van der Waals surface area (Å²) < 4.78 is 18.8. The second kappa shape index (κ2) is 8.39. The van der Waals surface area contributed by atoms with Gasteiger partial charge in [0.05, 0.1) is 17.2 Å². The Labute approximate surface area is 137 Å². The molecule has 5 heteroatoms. The first-order valence-electron chi connectivity index (χ1n) is 8.24. The third-order valence-corrected chi connectivity index (χ3v) is 4.70. The van der Waals surface area contributed by atoms with Gasteiger partial charge in [-0.25, -0.2) is 4.39 Å². The average molecular weight is 320 g/mol. The van der Waals surface area contributed by atoms with E-state index in [1.54, 1.807) is 7.11 Å². The molecule has 0 bridgehead atoms. The van der Waals surface area contributed by atoms with Crippen LogP contribution >= 0.6 is 0 Å². The molecule has 1 saturated heterocycles. The van der Waals surface area contributed by atoms with Crippen molar-refractivity contribution in [2.24, 2.45) is 5.92 Å². The summed E-state index contributed by atoms with van der Waals surface area (Å²) in [6.45, 7) is 2.25. The maximum Gasteiger partial charge on any atom is 0.123 e. The number of ether oxygens (including phenoxy) is 1. The molecule has 0 spiro atoms. The molecule has 2 N–H and O–H groups in total. The van der Waals surface area contributed by atoms with Gasteiger partial charge in [0, 0.05) is 31.7 Å². The molecule has 1 unspecified atom stereocenters. The molecule has 0 radical (unpaired) electrons. The number of nitriles is 1. The van der Waals surface area contributed by atoms with E-state index >= 15 is 0 Å². The summed E-state index contributed by atoms with van der Waals surface area (Å²) in [5, 5.41) is 24.1. The first-order chi connectivity index (χ1) is 11.1. The van der Waals surface area contributed by atoms with Crippen LogP contribution in [0.15, 0.2) is 18.2 Å². The minimum Gasteiger partial charge on any atom is -0.385 e. The van der Waals surface area contributed by atoms with E-state index in [0.717, 1.165) is 32.2 Å². The topological polar surface area (TPSA) is 65.3 Å². The Kier molecular flexibility index (Phi) is 6.52. The fraction of sp³-hybridized carbons (Fsp3) is 0.611. The van der Waals surface area contributed by atoms with Gasteiger partial charge < -0.3 is 15.2 Å². The first kappa shape index (κ1) is 17.9. The lowest BCUT2D eigenvalue weighted by Gasteiger charge is -2.40. The van der Waals surface area contributed by atoms with Crippen molar-refractivity contribution in [3.05, 3.63) is 35.1 Å². The Morgan fingerprint density at radius 1 is 1.48 bits per heavy atom. The predicted octanol–water partition coefficient (Wildman–Crippen LogP) is 2.70. The summed E-state index contributed by atoms with van der Waals surface area (Å²) in [6.07, 6.45) is 3.94. The summed E-state index contributed by atoms with van der Waals surface area (Å²) in [5.74, 6) is -0.439. The number of methoxy groups -OCH3 is 1. The standard InChI is InChI=1S/C18H25FN2O2/c1-23-10-3-2-8-18(22,15-5-4-9-21-13-15)17-11-16(19)7-6-14(17)12-20/h6-7,11,15,21-22H,2-5,8-10,13H2,1H3/t15?,18-/m0/s1. The lowest BCUT2D eigenvalue weighted by Crippen LogP contribution is -2.44. The maximum atomic E-state index is 13.8. The number of rotatable bonds is 7. The molecule has 1 aliphatic heterocycles. The third-order valence-electron chi connectivity index (χ3n) is 4.70. The fourth-order valence-corrected chi connectivity index (χ4v) is 3.43. The molecule has 2 rings (SSSR count). The summed E-state index contributed by atoms with van der Waals surface area (Å²) in [5.41, 5.74) is -0.411. The van der Waals surface area contributed by atoms with E-state index in [0.29, 0.717) is 30.7 Å². The number of nitrogens with one attached hydrogen (secondary N) is 1. The van der Waals surface area contributed by atoms with Crippen molar-refractivity contribution in [2.75, 3.05) is 26.8 Å². The molecule has 2 atom stereocenters. The number of aliphatic hydroxyl groups is 1. The van der Waals surface area contributed by atoms with Gasteiger partial charge in [-0.15, -0.1) is 0 Å². The second-order valence-corrected chi connectivity index (χ2v) is 6.22. The van der Waals surface area contributed by atoms with Gasteiger partial charge >= 0.3 is 0 Å².